The molecule has 1 nitrogen and oxygen atoms in total. The van der Waals surface area contributed by atoms with E-state index in [0.717, 1.165) is 24.4 Å². The first-order chi connectivity index (χ1) is 7.00. The Labute approximate surface area is 92.9 Å². The fourth-order valence-electron chi connectivity index (χ4n) is 4.69. The molecule has 0 aliphatic heterocycles. The molecular weight excluding hydrogens is 184 g/mol. The predicted molar refractivity (Wildman–Crippen MR) is 61.3 cm³/mol. The summed E-state index contributed by atoms with van der Waals surface area (Å²) in [7, 11) is 0. The molecule has 4 saturated carbocycles. The standard InChI is InChI=1S/C14H22O/c1-9(2)7-15-8-13(3)10-5-11-12(6-10)14(11,13)4/h7,10-12H,5-6,8H2,1-4H3. The van der Waals surface area contributed by atoms with Crippen LogP contribution in [0.25, 0.3) is 0 Å². The maximum atomic E-state index is 5.78. The minimum Gasteiger partial charge on any atom is -0.501 e. The van der Waals surface area contributed by atoms with Gasteiger partial charge in [-0.3, -0.25) is 0 Å². The van der Waals surface area contributed by atoms with Gasteiger partial charge >= 0.3 is 0 Å². The highest BCUT2D eigenvalue weighted by atomic mass is 16.5. The van der Waals surface area contributed by atoms with Crippen LogP contribution in [0.1, 0.15) is 40.5 Å². The third-order valence-electron chi connectivity index (χ3n) is 5.83. The Hall–Kier alpha value is -0.460. The normalized spacial score (nSPS) is 54.3. The van der Waals surface area contributed by atoms with Gasteiger partial charge in [0.1, 0.15) is 0 Å². The molecule has 4 rings (SSSR count). The Balaban J connectivity index is 1.73. The van der Waals surface area contributed by atoms with Crippen molar-refractivity contribution in [2.45, 2.75) is 40.5 Å². The highest BCUT2D eigenvalue weighted by Gasteiger charge is 2.81. The fourth-order valence-corrected chi connectivity index (χ4v) is 4.69. The van der Waals surface area contributed by atoms with E-state index in [-0.39, 0.29) is 0 Å². The van der Waals surface area contributed by atoms with Crippen molar-refractivity contribution in [3.63, 3.8) is 0 Å². The first kappa shape index (κ1) is 9.74. The summed E-state index contributed by atoms with van der Waals surface area (Å²) in [6.45, 7) is 10.1. The number of rotatable bonds is 3. The van der Waals surface area contributed by atoms with E-state index in [1.807, 2.05) is 6.26 Å². The molecular formula is C14H22O. The molecule has 0 amide bonds. The summed E-state index contributed by atoms with van der Waals surface area (Å²) in [5, 5.41) is 0. The average molecular weight is 206 g/mol. The Morgan fingerprint density at radius 1 is 1.27 bits per heavy atom. The number of allylic oxidation sites excluding steroid dienone is 1. The molecule has 4 aliphatic rings. The van der Waals surface area contributed by atoms with Crippen LogP contribution in [0, 0.1) is 28.6 Å². The van der Waals surface area contributed by atoms with Crippen molar-refractivity contribution in [1.82, 2.24) is 0 Å². The summed E-state index contributed by atoms with van der Waals surface area (Å²) in [6.07, 6.45) is 4.90. The van der Waals surface area contributed by atoms with Crippen molar-refractivity contribution in [1.29, 1.82) is 0 Å². The highest BCUT2D eigenvalue weighted by Crippen LogP contribution is 2.86. The molecule has 15 heavy (non-hydrogen) atoms. The molecule has 4 bridgehead atoms. The predicted octanol–water partition coefficient (Wildman–Crippen LogP) is 3.61. The first-order valence-electron chi connectivity index (χ1n) is 6.25. The molecule has 1 heteroatoms. The van der Waals surface area contributed by atoms with E-state index >= 15 is 0 Å². The zero-order chi connectivity index (χ0) is 10.8. The van der Waals surface area contributed by atoms with Crippen LogP contribution in [0.15, 0.2) is 11.8 Å². The number of hydrogen-bond acceptors (Lipinski definition) is 1. The summed E-state index contributed by atoms with van der Waals surface area (Å²) in [5.74, 6) is 3.04. The quantitative estimate of drug-likeness (QED) is 0.641. The van der Waals surface area contributed by atoms with Gasteiger partial charge in [0.25, 0.3) is 0 Å². The van der Waals surface area contributed by atoms with Gasteiger partial charge in [-0.25, -0.2) is 0 Å². The largest absolute Gasteiger partial charge is 0.501 e. The fraction of sp³-hybridized carbons (Fsp3) is 0.857. The Morgan fingerprint density at radius 2 is 1.87 bits per heavy atom. The van der Waals surface area contributed by atoms with Crippen LogP contribution in [0.2, 0.25) is 0 Å². The second kappa shape index (κ2) is 2.61. The Bertz CT molecular complexity index is 314. The van der Waals surface area contributed by atoms with Gasteiger partial charge < -0.3 is 4.74 Å². The third-order valence-corrected chi connectivity index (χ3v) is 5.83. The van der Waals surface area contributed by atoms with Crippen molar-refractivity contribution in [2.75, 3.05) is 6.61 Å². The van der Waals surface area contributed by atoms with Gasteiger partial charge in [-0.05, 0) is 55.4 Å². The van der Waals surface area contributed by atoms with Crippen molar-refractivity contribution in [3.8, 4) is 0 Å². The maximum absolute atomic E-state index is 5.78. The lowest BCUT2D eigenvalue weighted by atomic mass is 9.75. The van der Waals surface area contributed by atoms with E-state index in [4.69, 9.17) is 4.74 Å². The average Bonchev–Trinajstić information content (AvgIpc) is 2.53. The first-order valence-corrected chi connectivity index (χ1v) is 6.25. The summed E-state index contributed by atoms with van der Waals surface area (Å²) >= 11 is 0. The molecule has 0 heterocycles. The topological polar surface area (TPSA) is 9.23 Å². The van der Waals surface area contributed by atoms with Crippen LogP contribution in [0.4, 0.5) is 0 Å². The van der Waals surface area contributed by atoms with Gasteiger partial charge in [0.05, 0.1) is 12.9 Å². The minimum atomic E-state index is 0.467. The van der Waals surface area contributed by atoms with Crippen LogP contribution in [-0.2, 0) is 4.74 Å². The summed E-state index contributed by atoms with van der Waals surface area (Å²) in [6, 6.07) is 0. The van der Waals surface area contributed by atoms with Gasteiger partial charge in [0.2, 0.25) is 0 Å². The molecule has 3 unspecified atom stereocenters. The molecule has 0 spiro atoms. The molecule has 84 valence electrons. The Morgan fingerprint density at radius 3 is 2.27 bits per heavy atom. The van der Waals surface area contributed by atoms with Crippen molar-refractivity contribution < 1.29 is 4.74 Å². The van der Waals surface area contributed by atoms with Crippen molar-refractivity contribution >= 4 is 0 Å². The van der Waals surface area contributed by atoms with Crippen molar-refractivity contribution in [3.05, 3.63) is 11.8 Å². The molecule has 4 fully saturated rings. The zero-order valence-electron chi connectivity index (χ0n) is 10.3. The van der Waals surface area contributed by atoms with Gasteiger partial charge in [-0.2, -0.15) is 0 Å². The summed E-state index contributed by atoms with van der Waals surface area (Å²) in [5.41, 5.74) is 2.36. The summed E-state index contributed by atoms with van der Waals surface area (Å²) in [4.78, 5) is 0. The second-order valence-corrected chi connectivity index (χ2v) is 6.59. The molecule has 4 aliphatic carbocycles. The van der Waals surface area contributed by atoms with E-state index in [1.54, 1.807) is 0 Å². The van der Waals surface area contributed by atoms with E-state index in [0.29, 0.717) is 10.8 Å². The minimum absolute atomic E-state index is 0.467. The Kier molecular flexibility index (Phi) is 1.70. The molecule has 0 N–H and O–H groups in total. The molecule has 0 saturated heterocycles. The van der Waals surface area contributed by atoms with Gasteiger partial charge in [0.15, 0.2) is 0 Å². The molecule has 3 atom stereocenters. The third kappa shape index (κ3) is 0.951. The van der Waals surface area contributed by atoms with Crippen LogP contribution in [-0.4, -0.2) is 6.61 Å². The van der Waals surface area contributed by atoms with Gasteiger partial charge in [-0.1, -0.05) is 13.8 Å². The molecule has 0 aromatic heterocycles. The maximum Gasteiger partial charge on any atom is 0.0934 e. The van der Waals surface area contributed by atoms with Crippen LogP contribution >= 0.6 is 0 Å². The molecule has 0 radical (unpaired) electrons. The van der Waals surface area contributed by atoms with E-state index in [9.17, 15) is 0 Å². The van der Waals surface area contributed by atoms with Gasteiger partial charge in [-0.15, -0.1) is 0 Å². The number of ether oxygens (including phenoxy) is 1. The van der Waals surface area contributed by atoms with Crippen LogP contribution in [0.3, 0.4) is 0 Å². The van der Waals surface area contributed by atoms with Crippen LogP contribution in [0.5, 0.6) is 0 Å². The SMILES string of the molecule is CC(C)=COCC1(C)C2CC3C(C2)C31C. The highest BCUT2D eigenvalue weighted by molar-refractivity contribution is 5.29. The van der Waals surface area contributed by atoms with Crippen LogP contribution < -0.4 is 0 Å². The van der Waals surface area contributed by atoms with Gasteiger partial charge in [0, 0.05) is 5.41 Å². The lowest BCUT2D eigenvalue weighted by Crippen LogP contribution is -2.32. The number of hydrogen-bond donors (Lipinski definition) is 0. The zero-order valence-corrected chi connectivity index (χ0v) is 10.3. The monoisotopic (exact) mass is 206 g/mol. The second-order valence-electron chi connectivity index (χ2n) is 6.59. The smallest absolute Gasteiger partial charge is 0.0934 e. The van der Waals surface area contributed by atoms with E-state index in [1.165, 1.54) is 18.4 Å². The van der Waals surface area contributed by atoms with E-state index in [2.05, 4.69) is 27.7 Å². The molecule has 0 aromatic rings. The van der Waals surface area contributed by atoms with Crippen molar-refractivity contribution in [2.24, 2.45) is 28.6 Å². The van der Waals surface area contributed by atoms with E-state index < -0.39 is 0 Å². The lowest BCUT2D eigenvalue weighted by Gasteiger charge is -2.33. The summed E-state index contributed by atoms with van der Waals surface area (Å²) < 4.78 is 5.78. The lowest BCUT2D eigenvalue weighted by molar-refractivity contribution is 0.0541. The molecule has 0 aromatic carbocycles.